The lowest BCUT2D eigenvalue weighted by Crippen LogP contribution is -2.57. The lowest BCUT2D eigenvalue weighted by atomic mass is 9.47. The summed E-state index contributed by atoms with van der Waals surface area (Å²) in [5.41, 5.74) is 4.74. The van der Waals surface area contributed by atoms with E-state index in [1.165, 1.54) is 44.1 Å². The van der Waals surface area contributed by atoms with Crippen LogP contribution in [0.1, 0.15) is 45.4 Å². The molecule has 0 amide bonds. The monoisotopic (exact) mass is 220 g/mol. The number of nitrogens with two attached hydrogens (primary N) is 1. The van der Waals surface area contributed by atoms with Crippen LogP contribution in [0.5, 0.6) is 0 Å². The molecule has 16 heavy (non-hydrogen) atoms. The number of rotatable bonds is 3. The SMILES string of the molecule is C=C(C)C(NN)C12CC3CC(CC(C3)C1)C2. The van der Waals surface area contributed by atoms with Gasteiger partial charge in [-0.05, 0) is 68.6 Å². The molecular weight excluding hydrogens is 196 g/mol. The molecule has 2 nitrogen and oxygen atoms in total. The molecule has 2 heteroatoms. The molecule has 0 aromatic heterocycles. The van der Waals surface area contributed by atoms with Crippen LogP contribution >= 0.6 is 0 Å². The van der Waals surface area contributed by atoms with E-state index >= 15 is 0 Å². The van der Waals surface area contributed by atoms with Crippen molar-refractivity contribution in [2.45, 2.75) is 51.5 Å². The zero-order chi connectivity index (χ0) is 11.3. The molecular formula is C14H24N2. The summed E-state index contributed by atoms with van der Waals surface area (Å²) in [5, 5.41) is 0. The second-order valence-electron chi connectivity index (χ2n) is 6.73. The highest BCUT2D eigenvalue weighted by atomic mass is 15.2. The lowest BCUT2D eigenvalue weighted by molar-refractivity contribution is -0.0669. The van der Waals surface area contributed by atoms with Gasteiger partial charge in [0.05, 0.1) is 0 Å². The molecule has 1 unspecified atom stereocenters. The van der Waals surface area contributed by atoms with Gasteiger partial charge in [-0.1, -0.05) is 12.2 Å². The van der Waals surface area contributed by atoms with Crippen LogP contribution in [-0.4, -0.2) is 6.04 Å². The summed E-state index contributed by atoms with van der Waals surface area (Å²) in [6.07, 6.45) is 8.65. The van der Waals surface area contributed by atoms with E-state index in [0.717, 1.165) is 17.8 Å². The Morgan fingerprint density at radius 3 is 1.94 bits per heavy atom. The van der Waals surface area contributed by atoms with Crippen molar-refractivity contribution in [3.05, 3.63) is 12.2 Å². The Morgan fingerprint density at radius 1 is 1.19 bits per heavy atom. The molecule has 0 saturated heterocycles. The second kappa shape index (κ2) is 3.58. The standard InChI is InChI=1S/C14H24N2/c1-9(2)13(16-15)14-6-10-3-11(7-14)5-12(4-10)8-14/h10-13,16H,1,3-8,15H2,2H3. The van der Waals surface area contributed by atoms with Crippen molar-refractivity contribution in [3.63, 3.8) is 0 Å². The molecule has 4 aliphatic rings. The smallest absolute Gasteiger partial charge is 0.0471 e. The van der Waals surface area contributed by atoms with Crippen LogP contribution in [0.4, 0.5) is 0 Å². The normalized spacial score (nSPS) is 47.0. The maximum atomic E-state index is 5.78. The summed E-state index contributed by atoms with van der Waals surface area (Å²) in [6.45, 7) is 6.27. The maximum Gasteiger partial charge on any atom is 0.0471 e. The highest BCUT2D eigenvalue weighted by Crippen LogP contribution is 2.61. The van der Waals surface area contributed by atoms with Crippen LogP contribution in [0.15, 0.2) is 12.2 Å². The molecule has 4 aliphatic carbocycles. The molecule has 0 spiro atoms. The van der Waals surface area contributed by atoms with Crippen LogP contribution in [0, 0.1) is 23.2 Å². The highest BCUT2D eigenvalue weighted by molar-refractivity contribution is 5.15. The Balaban J connectivity index is 1.90. The molecule has 4 fully saturated rings. The molecule has 0 heterocycles. The molecule has 1 atom stereocenters. The number of hydrazine groups is 1. The third-order valence-electron chi connectivity index (χ3n) is 5.36. The van der Waals surface area contributed by atoms with Gasteiger partial charge in [0, 0.05) is 6.04 Å². The first kappa shape index (κ1) is 10.8. The summed E-state index contributed by atoms with van der Waals surface area (Å²) in [7, 11) is 0. The van der Waals surface area contributed by atoms with E-state index in [9.17, 15) is 0 Å². The highest BCUT2D eigenvalue weighted by Gasteiger charge is 2.54. The number of hydrogen-bond acceptors (Lipinski definition) is 2. The first-order valence-electron chi connectivity index (χ1n) is 6.74. The Kier molecular flexibility index (Phi) is 2.41. The zero-order valence-electron chi connectivity index (χ0n) is 10.3. The Hall–Kier alpha value is -0.340. The van der Waals surface area contributed by atoms with Crippen LogP contribution in [-0.2, 0) is 0 Å². The van der Waals surface area contributed by atoms with E-state index in [4.69, 9.17) is 5.84 Å². The zero-order valence-corrected chi connectivity index (χ0v) is 10.3. The van der Waals surface area contributed by atoms with Gasteiger partial charge < -0.3 is 0 Å². The molecule has 0 aliphatic heterocycles. The topological polar surface area (TPSA) is 38.0 Å². The third kappa shape index (κ3) is 1.46. The van der Waals surface area contributed by atoms with Gasteiger partial charge >= 0.3 is 0 Å². The van der Waals surface area contributed by atoms with Gasteiger partial charge in [0.1, 0.15) is 0 Å². The van der Waals surface area contributed by atoms with E-state index in [1.54, 1.807) is 0 Å². The minimum atomic E-state index is 0.348. The van der Waals surface area contributed by atoms with Crippen molar-refractivity contribution < 1.29 is 0 Å². The molecule has 3 N–H and O–H groups in total. The molecule has 90 valence electrons. The minimum Gasteiger partial charge on any atom is -0.271 e. The molecule has 0 aromatic rings. The Morgan fingerprint density at radius 2 is 1.62 bits per heavy atom. The van der Waals surface area contributed by atoms with Crippen molar-refractivity contribution in [1.82, 2.24) is 5.43 Å². The van der Waals surface area contributed by atoms with Crippen molar-refractivity contribution >= 4 is 0 Å². The van der Waals surface area contributed by atoms with Gasteiger partial charge in [0.2, 0.25) is 0 Å². The molecule has 0 aromatic carbocycles. The van der Waals surface area contributed by atoms with Gasteiger partial charge in [-0.2, -0.15) is 0 Å². The maximum absolute atomic E-state index is 5.78. The largest absolute Gasteiger partial charge is 0.271 e. The average molecular weight is 220 g/mol. The van der Waals surface area contributed by atoms with Gasteiger partial charge in [-0.3, -0.25) is 11.3 Å². The van der Waals surface area contributed by atoms with Crippen molar-refractivity contribution in [2.24, 2.45) is 29.0 Å². The van der Waals surface area contributed by atoms with Crippen LogP contribution in [0.3, 0.4) is 0 Å². The van der Waals surface area contributed by atoms with Crippen LogP contribution in [0.25, 0.3) is 0 Å². The summed E-state index contributed by atoms with van der Waals surface area (Å²) < 4.78 is 0. The number of nitrogens with one attached hydrogen (secondary N) is 1. The summed E-state index contributed by atoms with van der Waals surface area (Å²) >= 11 is 0. The predicted molar refractivity (Wildman–Crippen MR) is 66.5 cm³/mol. The summed E-state index contributed by atoms with van der Waals surface area (Å²) in [5.74, 6) is 8.75. The Labute approximate surface area is 98.6 Å². The fourth-order valence-corrected chi connectivity index (χ4v) is 5.37. The van der Waals surface area contributed by atoms with Crippen LogP contribution in [0.2, 0.25) is 0 Å². The van der Waals surface area contributed by atoms with E-state index in [0.29, 0.717) is 11.5 Å². The van der Waals surface area contributed by atoms with Crippen molar-refractivity contribution in [2.75, 3.05) is 0 Å². The van der Waals surface area contributed by atoms with Gasteiger partial charge in [0.15, 0.2) is 0 Å². The predicted octanol–water partition coefficient (Wildman–Crippen LogP) is 2.61. The van der Waals surface area contributed by atoms with Crippen molar-refractivity contribution in [1.29, 1.82) is 0 Å². The fourth-order valence-electron chi connectivity index (χ4n) is 5.37. The van der Waals surface area contributed by atoms with E-state index in [1.807, 2.05) is 0 Å². The van der Waals surface area contributed by atoms with E-state index in [2.05, 4.69) is 18.9 Å². The molecule has 0 radical (unpaired) electrons. The van der Waals surface area contributed by atoms with Gasteiger partial charge in [-0.25, -0.2) is 0 Å². The Bertz CT molecular complexity index is 273. The second-order valence-corrected chi connectivity index (χ2v) is 6.73. The van der Waals surface area contributed by atoms with E-state index < -0.39 is 0 Å². The lowest BCUT2D eigenvalue weighted by Gasteiger charge is -2.59. The summed E-state index contributed by atoms with van der Waals surface area (Å²) in [4.78, 5) is 0. The molecule has 4 bridgehead atoms. The minimum absolute atomic E-state index is 0.348. The number of hydrogen-bond donors (Lipinski definition) is 2. The molecule has 4 saturated carbocycles. The molecule has 4 rings (SSSR count). The average Bonchev–Trinajstić information content (AvgIpc) is 2.14. The van der Waals surface area contributed by atoms with Crippen molar-refractivity contribution in [3.8, 4) is 0 Å². The first-order valence-corrected chi connectivity index (χ1v) is 6.74. The fraction of sp³-hybridized carbons (Fsp3) is 0.857. The third-order valence-corrected chi connectivity index (χ3v) is 5.36. The first-order chi connectivity index (χ1) is 7.63. The summed E-state index contributed by atoms with van der Waals surface area (Å²) in [6, 6.07) is 0.348. The van der Waals surface area contributed by atoms with Gasteiger partial charge in [0.25, 0.3) is 0 Å². The van der Waals surface area contributed by atoms with Gasteiger partial charge in [-0.15, -0.1) is 0 Å². The van der Waals surface area contributed by atoms with E-state index in [-0.39, 0.29) is 0 Å². The quantitative estimate of drug-likeness (QED) is 0.436. The van der Waals surface area contributed by atoms with Crippen LogP contribution < -0.4 is 11.3 Å².